The second-order valence-electron chi connectivity index (χ2n) is 13.8. The summed E-state index contributed by atoms with van der Waals surface area (Å²) in [6.45, 7) is 11.4. The van der Waals surface area contributed by atoms with Crippen molar-refractivity contribution in [2.45, 2.75) is 39.4 Å². The molecule has 0 saturated heterocycles. The zero-order valence-electron chi connectivity index (χ0n) is 29.6. The number of aryl methyl sites for hydroxylation is 1. The van der Waals surface area contributed by atoms with E-state index in [2.05, 4.69) is 154 Å². The van der Waals surface area contributed by atoms with Gasteiger partial charge in [0.05, 0.1) is 13.7 Å². The second kappa shape index (κ2) is 15.5. The summed E-state index contributed by atoms with van der Waals surface area (Å²) in [5, 5.41) is 3.69. The van der Waals surface area contributed by atoms with Crippen LogP contribution in [0.15, 0.2) is 150 Å². The van der Waals surface area contributed by atoms with Crippen LogP contribution >= 0.6 is 0 Å². The summed E-state index contributed by atoms with van der Waals surface area (Å²) in [6.07, 6.45) is 3.88. The summed E-state index contributed by atoms with van der Waals surface area (Å²) < 4.78 is 6.29. The quantitative estimate of drug-likeness (QED) is 0.124. The van der Waals surface area contributed by atoms with Crippen molar-refractivity contribution >= 4 is 35.2 Å². The van der Waals surface area contributed by atoms with Crippen LogP contribution in [0.25, 0.3) is 55.6 Å². The number of hydrogen-bond acceptors (Lipinski definition) is 3. The number of hydrogen-bond donors (Lipinski definition) is 0. The number of nitrogens with zero attached hydrogens (tertiary/aromatic N) is 2. The average molecular weight is 857 g/mol. The van der Waals surface area contributed by atoms with Gasteiger partial charge in [-0.05, 0) is 51.3 Å². The Morgan fingerprint density at radius 3 is 2.10 bits per heavy atom. The van der Waals surface area contributed by atoms with Gasteiger partial charge in [-0.2, -0.15) is 0 Å². The van der Waals surface area contributed by atoms with Crippen LogP contribution in [0.1, 0.15) is 29.5 Å². The van der Waals surface area contributed by atoms with E-state index in [-0.39, 0.29) is 26.0 Å². The Morgan fingerprint density at radius 2 is 1.41 bits per heavy atom. The monoisotopic (exact) mass is 857 g/mol. The Morgan fingerprint density at radius 1 is 0.706 bits per heavy atom. The van der Waals surface area contributed by atoms with Gasteiger partial charge >= 0.3 is 0 Å². The molecule has 0 aliphatic carbocycles. The number of rotatable bonds is 6. The summed E-state index contributed by atoms with van der Waals surface area (Å²) in [5.41, 5.74) is 11.9. The molecule has 0 saturated carbocycles. The minimum atomic E-state index is -1.47. The standard InChI is InChI=1S/C25H18NO.C21H22NSi.Ir/c1-17(18-9-3-2-4-10-18)19-14-15-20(22-12-7-8-16-26-22)25-24(19)21-11-5-6-13-23(21)27-25;1-16-10-12-18(13-11-16)20-14-19(17-8-6-5-7-9-17)21(15-22-20)23(2,3)4;/h2-14,16-17H,1H3;5-12,14-15H,1-4H3;/q2*-1;. The predicted octanol–water partition coefficient (Wildman–Crippen LogP) is 11.7. The molecule has 0 aliphatic heterocycles. The molecule has 51 heavy (non-hydrogen) atoms. The van der Waals surface area contributed by atoms with Crippen LogP contribution in [-0.2, 0) is 20.1 Å². The maximum absolute atomic E-state index is 6.29. The van der Waals surface area contributed by atoms with Crippen molar-refractivity contribution in [1.82, 2.24) is 9.97 Å². The van der Waals surface area contributed by atoms with Gasteiger partial charge in [0.15, 0.2) is 0 Å². The Kier molecular flexibility index (Phi) is 10.9. The van der Waals surface area contributed by atoms with Gasteiger partial charge < -0.3 is 14.4 Å². The molecule has 8 rings (SSSR count). The Hall–Kier alpha value is -4.93. The molecule has 8 aromatic rings. The van der Waals surface area contributed by atoms with Gasteiger partial charge in [0.1, 0.15) is 5.58 Å². The van der Waals surface area contributed by atoms with Gasteiger partial charge in [0.2, 0.25) is 0 Å². The molecule has 0 amide bonds. The minimum Gasteiger partial charge on any atom is -0.501 e. The van der Waals surface area contributed by atoms with Crippen LogP contribution < -0.4 is 5.19 Å². The number of pyridine rings is 2. The minimum absolute atomic E-state index is 0. The first-order valence-electron chi connectivity index (χ1n) is 17.1. The van der Waals surface area contributed by atoms with Gasteiger partial charge in [0, 0.05) is 37.9 Å². The van der Waals surface area contributed by atoms with Crippen LogP contribution in [0.2, 0.25) is 19.6 Å². The maximum Gasteiger partial charge on any atom is 0.120 e. The number of para-hydroxylation sites is 1. The fraction of sp³-hybridized carbons (Fsp3) is 0.130. The van der Waals surface area contributed by atoms with E-state index in [4.69, 9.17) is 9.40 Å². The molecule has 0 N–H and O–H groups in total. The molecule has 0 aliphatic rings. The van der Waals surface area contributed by atoms with E-state index in [1.165, 1.54) is 33.0 Å². The number of benzene rings is 5. The number of fused-ring (bicyclic) bond motifs is 3. The Labute approximate surface area is 315 Å². The zero-order valence-corrected chi connectivity index (χ0v) is 33.0. The first-order chi connectivity index (χ1) is 24.3. The largest absolute Gasteiger partial charge is 0.501 e. The summed E-state index contributed by atoms with van der Waals surface area (Å²) >= 11 is 0. The molecule has 5 aromatic carbocycles. The molecular formula is C46H40IrN2OSi-2. The average Bonchev–Trinajstić information content (AvgIpc) is 3.55. The van der Waals surface area contributed by atoms with Crippen molar-refractivity contribution in [2.75, 3.05) is 0 Å². The summed E-state index contributed by atoms with van der Waals surface area (Å²) in [4.78, 5) is 9.25. The van der Waals surface area contributed by atoms with E-state index in [0.29, 0.717) is 0 Å². The number of aromatic nitrogens is 2. The molecule has 1 radical (unpaired) electrons. The van der Waals surface area contributed by atoms with E-state index in [9.17, 15) is 0 Å². The van der Waals surface area contributed by atoms with E-state index in [1.54, 1.807) is 6.20 Å². The SMILES string of the molecule is CC(c1ccccc1)c1c[c-]c(-c2ccccn2)c2oc3ccccc3c12.Cc1c[c-]c(-c2cc(-c3ccccc3)c([Si](C)(C)C)cn2)cc1.[Ir]. The van der Waals surface area contributed by atoms with Crippen molar-refractivity contribution in [3.63, 3.8) is 0 Å². The van der Waals surface area contributed by atoms with Crippen LogP contribution in [0.3, 0.4) is 0 Å². The van der Waals surface area contributed by atoms with E-state index >= 15 is 0 Å². The maximum atomic E-state index is 6.29. The van der Waals surface area contributed by atoms with Gasteiger partial charge in [-0.3, -0.25) is 0 Å². The third-order valence-corrected chi connectivity index (χ3v) is 11.2. The fourth-order valence-electron chi connectivity index (χ4n) is 6.48. The molecular weight excluding hydrogens is 817 g/mol. The smallest absolute Gasteiger partial charge is 0.120 e. The van der Waals surface area contributed by atoms with Gasteiger partial charge in [-0.1, -0.05) is 142 Å². The molecule has 255 valence electrons. The molecule has 0 fully saturated rings. The molecule has 1 unspecified atom stereocenters. The molecule has 3 nitrogen and oxygen atoms in total. The Bertz CT molecular complexity index is 2370. The van der Waals surface area contributed by atoms with E-state index in [0.717, 1.165) is 44.5 Å². The summed E-state index contributed by atoms with van der Waals surface area (Å²) in [6, 6.07) is 52.7. The normalized spacial score (nSPS) is 11.8. The summed E-state index contributed by atoms with van der Waals surface area (Å²) in [7, 11) is -1.47. The first kappa shape index (κ1) is 35.9. The fourth-order valence-corrected chi connectivity index (χ4v) is 7.95. The van der Waals surface area contributed by atoms with Crippen molar-refractivity contribution in [1.29, 1.82) is 0 Å². The van der Waals surface area contributed by atoms with Crippen LogP contribution in [0.4, 0.5) is 0 Å². The molecule has 0 bridgehead atoms. The molecule has 3 aromatic heterocycles. The third kappa shape index (κ3) is 7.72. The first-order valence-corrected chi connectivity index (χ1v) is 20.6. The number of furan rings is 1. The topological polar surface area (TPSA) is 38.9 Å². The molecule has 3 heterocycles. The molecule has 0 spiro atoms. The van der Waals surface area contributed by atoms with Crippen molar-refractivity contribution in [2.24, 2.45) is 0 Å². The van der Waals surface area contributed by atoms with Crippen molar-refractivity contribution in [3.8, 4) is 33.6 Å². The van der Waals surface area contributed by atoms with Gasteiger partial charge in [0.25, 0.3) is 0 Å². The van der Waals surface area contributed by atoms with Crippen molar-refractivity contribution < 1.29 is 24.5 Å². The van der Waals surface area contributed by atoms with Gasteiger partial charge in [-0.15, -0.1) is 53.1 Å². The third-order valence-electron chi connectivity index (χ3n) is 9.21. The second-order valence-corrected chi connectivity index (χ2v) is 18.8. The zero-order chi connectivity index (χ0) is 34.7. The van der Waals surface area contributed by atoms with Gasteiger partial charge in [-0.25, -0.2) is 0 Å². The molecule has 1 atom stereocenters. The van der Waals surface area contributed by atoms with E-state index < -0.39 is 8.07 Å². The van der Waals surface area contributed by atoms with Crippen LogP contribution in [-0.4, -0.2) is 18.0 Å². The van der Waals surface area contributed by atoms with Crippen LogP contribution in [0.5, 0.6) is 0 Å². The van der Waals surface area contributed by atoms with Crippen LogP contribution in [0, 0.1) is 19.1 Å². The predicted molar refractivity (Wildman–Crippen MR) is 211 cm³/mol. The summed E-state index contributed by atoms with van der Waals surface area (Å²) in [5.74, 6) is 0.240. The van der Waals surface area contributed by atoms with Crippen molar-refractivity contribution in [3.05, 3.63) is 175 Å². The Balaban J connectivity index is 0.000000175. The molecule has 5 heteroatoms. The van der Waals surface area contributed by atoms with E-state index in [1.807, 2.05) is 36.4 Å².